The molecule has 2 aromatic carbocycles. The second-order valence-corrected chi connectivity index (χ2v) is 9.96. The van der Waals surface area contributed by atoms with Gasteiger partial charge in [-0.1, -0.05) is 80.4 Å². The molecule has 3 aromatic rings. The fraction of sp³-hybridized carbons (Fsp3) is 0.333. The van der Waals surface area contributed by atoms with Crippen LogP contribution in [0.1, 0.15) is 61.6 Å². The second kappa shape index (κ2) is 15.8. The number of rotatable bonds is 10. The molecule has 40 heavy (non-hydrogen) atoms. The second-order valence-electron chi connectivity index (χ2n) is 9.15. The number of benzene rings is 2. The fourth-order valence-corrected chi connectivity index (χ4v) is 3.95. The van der Waals surface area contributed by atoms with Gasteiger partial charge in [0, 0.05) is 24.6 Å². The lowest BCUT2D eigenvalue weighted by atomic mass is 9.88. The summed E-state index contributed by atoms with van der Waals surface area (Å²) in [5.74, 6) is -1.53. The summed E-state index contributed by atoms with van der Waals surface area (Å²) in [6, 6.07) is 17.2. The van der Waals surface area contributed by atoms with E-state index in [1.54, 1.807) is 26.8 Å². The van der Waals surface area contributed by atoms with Crippen LogP contribution in [0.3, 0.4) is 0 Å². The largest absolute Gasteiger partial charge is 0.493 e. The van der Waals surface area contributed by atoms with Crippen molar-refractivity contribution in [3.63, 3.8) is 0 Å². The molecule has 0 spiro atoms. The van der Waals surface area contributed by atoms with Crippen LogP contribution in [-0.4, -0.2) is 36.0 Å². The van der Waals surface area contributed by atoms with Gasteiger partial charge in [0.05, 0.1) is 23.1 Å². The van der Waals surface area contributed by atoms with Gasteiger partial charge in [-0.3, -0.25) is 14.4 Å². The first-order chi connectivity index (χ1) is 19.0. The Morgan fingerprint density at radius 2 is 1.65 bits per heavy atom. The molecule has 0 fully saturated rings. The number of pyridine rings is 1. The number of amides is 1. The van der Waals surface area contributed by atoms with E-state index in [0.717, 1.165) is 17.5 Å². The molecule has 2 unspecified atom stereocenters. The zero-order chi connectivity index (χ0) is 29.8. The van der Waals surface area contributed by atoms with Crippen molar-refractivity contribution in [1.29, 1.82) is 0 Å². The van der Waals surface area contributed by atoms with Crippen molar-refractivity contribution < 1.29 is 28.6 Å². The molecule has 0 radical (unpaired) electrons. The third kappa shape index (κ3) is 9.54. The van der Waals surface area contributed by atoms with Gasteiger partial charge in [-0.2, -0.15) is 0 Å². The van der Waals surface area contributed by atoms with Gasteiger partial charge in [-0.15, -0.1) is 0 Å². The Morgan fingerprint density at radius 1 is 0.975 bits per heavy atom. The zero-order valence-electron chi connectivity index (χ0n) is 23.1. The van der Waals surface area contributed by atoms with Gasteiger partial charge < -0.3 is 19.9 Å². The number of carbonyl (C=O) groups is 3. The number of ether oxygens (including phenoxy) is 3. The van der Waals surface area contributed by atoms with Crippen LogP contribution in [0.4, 0.5) is 0 Å². The molecule has 3 rings (SSSR count). The standard InChI is InChI=1S/C19H20Cl2O2.C11H14N2O4/c1-3-19(22)23-13(2)16(15-7-5-4-6-8-15)11-14-9-10-17(20)18(21)12-14;1-6(2)11(15)17-9-7(16-3)4-5-13-8(9)10(12)14/h4-10,12-13,16H,3,11H2,1-2H3;4-6H,1-3H3,(H2,12,14). The highest BCUT2D eigenvalue weighted by molar-refractivity contribution is 6.42. The van der Waals surface area contributed by atoms with Gasteiger partial charge in [-0.25, -0.2) is 4.98 Å². The van der Waals surface area contributed by atoms with Crippen LogP contribution in [-0.2, 0) is 20.7 Å². The highest BCUT2D eigenvalue weighted by atomic mass is 35.5. The summed E-state index contributed by atoms with van der Waals surface area (Å²) < 4.78 is 15.6. The zero-order valence-corrected chi connectivity index (χ0v) is 24.7. The Labute approximate surface area is 244 Å². The first-order valence-corrected chi connectivity index (χ1v) is 13.5. The number of carbonyl (C=O) groups excluding carboxylic acids is 3. The maximum Gasteiger partial charge on any atom is 0.313 e. The van der Waals surface area contributed by atoms with Gasteiger partial charge in [-0.05, 0) is 36.6 Å². The van der Waals surface area contributed by atoms with E-state index in [2.05, 4.69) is 17.1 Å². The Hall–Kier alpha value is -3.62. The number of methoxy groups -OCH3 is 1. The molecule has 0 aliphatic carbocycles. The summed E-state index contributed by atoms with van der Waals surface area (Å²) >= 11 is 12.1. The summed E-state index contributed by atoms with van der Waals surface area (Å²) in [4.78, 5) is 38.1. The quantitative estimate of drug-likeness (QED) is 0.272. The van der Waals surface area contributed by atoms with E-state index < -0.39 is 11.9 Å². The summed E-state index contributed by atoms with van der Waals surface area (Å²) in [6.45, 7) is 7.08. The van der Waals surface area contributed by atoms with E-state index in [-0.39, 0.29) is 41.1 Å². The van der Waals surface area contributed by atoms with Crippen molar-refractivity contribution in [2.45, 2.75) is 52.6 Å². The number of hydrogen-bond acceptors (Lipinski definition) is 7. The Kier molecular flexibility index (Phi) is 12.9. The summed E-state index contributed by atoms with van der Waals surface area (Å²) in [5, 5.41) is 1.08. The first kappa shape index (κ1) is 32.6. The van der Waals surface area contributed by atoms with Crippen molar-refractivity contribution in [3.05, 3.63) is 87.7 Å². The van der Waals surface area contributed by atoms with Crippen molar-refractivity contribution in [1.82, 2.24) is 4.98 Å². The van der Waals surface area contributed by atoms with Gasteiger partial charge in [0.15, 0.2) is 11.4 Å². The number of esters is 2. The molecule has 1 amide bonds. The molecule has 0 aliphatic rings. The van der Waals surface area contributed by atoms with Crippen molar-refractivity contribution in [3.8, 4) is 11.5 Å². The summed E-state index contributed by atoms with van der Waals surface area (Å²) in [7, 11) is 1.40. The normalized spacial score (nSPS) is 12.0. The molecule has 10 heteroatoms. The van der Waals surface area contributed by atoms with Crippen molar-refractivity contribution >= 4 is 41.0 Å². The Bertz CT molecular complexity index is 1300. The molecule has 0 saturated heterocycles. The summed E-state index contributed by atoms with van der Waals surface area (Å²) in [6.07, 6.45) is 2.22. The fourth-order valence-electron chi connectivity index (χ4n) is 3.63. The average molecular weight is 590 g/mol. The van der Waals surface area contributed by atoms with Crippen LogP contribution < -0.4 is 15.2 Å². The minimum absolute atomic E-state index is 0.0406. The molecular formula is C30H34Cl2N2O6. The van der Waals surface area contributed by atoms with E-state index in [1.807, 2.05) is 37.3 Å². The predicted molar refractivity (Wildman–Crippen MR) is 155 cm³/mol. The highest BCUT2D eigenvalue weighted by Gasteiger charge is 2.23. The number of nitrogens with zero attached hydrogens (tertiary/aromatic N) is 1. The summed E-state index contributed by atoms with van der Waals surface area (Å²) in [5.41, 5.74) is 7.21. The van der Waals surface area contributed by atoms with E-state index in [9.17, 15) is 14.4 Å². The third-order valence-corrected chi connectivity index (χ3v) is 6.57. The number of aromatic nitrogens is 1. The lowest BCUT2D eigenvalue weighted by molar-refractivity contribution is -0.149. The monoisotopic (exact) mass is 588 g/mol. The molecule has 1 heterocycles. The molecule has 1 aromatic heterocycles. The minimum atomic E-state index is -0.782. The van der Waals surface area contributed by atoms with Crippen LogP contribution in [0.15, 0.2) is 60.8 Å². The molecule has 0 saturated carbocycles. The minimum Gasteiger partial charge on any atom is -0.493 e. The highest BCUT2D eigenvalue weighted by Crippen LogP contribution is 2.31. The maximum atomic E-state index is 11.6. The van der Waals surface area contributed by atoms with Crippen LogP contribution in [0, 0.1) is 5.92 Å². The van der Waals surface area contributed by atoms with E-state index in [4.69, 9.17) is 43.1 Å². The molecular weight excluding hydrogens is 555 g/mol. The molecule has 2 atom stereocenters. The van der Waals surface area contributed by atoms with Crippen LogP contribution >= 0.6 is 23.2 Å². The molecule has 2 N–H and O–H groups in total. The van der Waals surface area contributed by atoms with Gasteiger partial charge >= 0.3 is 11.9 Å². The predicted octanol–water partition coefficient (Wildman–Crippen LogP) is 6.41. The van der Waals surface area contributed by atoms with Gasteiger partial charge in [0.1, 0.15) is 6.10 Å². The number of halogens is 2. The van der Waals surface area contributed by atoms with Crippen LogP contribution in [0.2, 0.25) is 10.0 Å². The number of hydrogen-bond donors (Lipinski definition) is 1. The Morgan fingerprint density at radius 3 is 2.20 bits per heavy atom. The topological polar surface area (TPSA) is 118 Å². The maximum absolute atomic E-state index is 11.6. The van der Waals surface area contributed by atoms with E-state index in [0.29, 0.717) is 16.5 Å². The molecule has 0 bridgehead atoms. The van der Waals surface area contributed by atoms with Crippen LogP contribution in [0.5, 0.6) is 11.5 Å². The molecule has 8 nitrogen and oxygen atoms in total. The molecule has 214 valence electrons. The van der Waals surface area contributed by atoms with E-state index >= 15 is 0 Å². The van der Waals surface area contributed by atoms with Gasteiger partial charge in [0.25, 0.3) is 5.91 Å². The Balaban J connectivity index is 0.000000294. The van der Waals surface area contributed by atoms with Crippen LogP contribution in [0.25, 0.3) is 0 Å². The lowest BCUT2D eigenvalue weighted by Gasteiger charge is -2.25. The third-order valence-electron chi connectivity index (χ3n) is 5.84. The molecule has 0 aliphatic heterocycles. The first-order valence-electron chi connectivity index (χ1n) is 12.7. The number of nitrogens with two attached hydrogens (primary N) is 1. The SMILES string of the molecule is CCC(=O)OC(C)C(Cc1ccc(Cl)c(Cl)c1)c1ccccc1.COc1ccnc(C(N)=O)c1OC(=O)C(C)C. The van der Waals surface area contributed by atoms with E-state index in [1.165, 1.54) is 19.4 Å². The lowest BCUT2D eigenvalue weighted by Crippen LogP contribution is -2.24. The van der Waals surface area contributed by atoms with Crippen molar-refractivity contribution in [2.75, 3.05) is 7.11 Å². The van der Waals surface area contributed by atoms with Gasteiger partial charge in [0.2, 0.25) is 5.75 Å². The average Bonchev–Trinajstić information content (AvgIpc) is 2.94. The van der Waals surface area contributed by atoms with Crippen molar-refractivity contribution in [2.24, 2.45) is 11.7 Å². The smallest absolute Gasteiger partial charge is 0.313 e. The number of primary amides is 1.